The van der Waals surface area contributed by atoms with Crippen LogP contribution in [-0.4, -0.2) is 30.5 Å². The van der Waals surface area contributed by atoms with Gasteiger partial charge in [0.05, 0.1) is 12.2 Å². The van der Waals surface area contributed by atoms with Crippen molar-refractivity contribution < 1.29 is 49.4 Å². The fraction of sp³-hybridized carbons (Fsp3) is 0.368. The molecule has 13 heteroatoms. The number of amides is 1. The third-order valence-electron chi connectivity index (χ3n) is 4.09. The second-order valence-corrected chi connectivity index (χ2v) is 6.80. The number of nitriles is 1. The Bertz CT molecular complexity index is 979. The minimum atomic E-state index is -5.09. The van der Waals surface area contributed by atoms with E-state index >= 15 is 0 Å². The molecule has 1 aliphatic carbocycles. The molecule has 0 aromatic heterocycles. The van der Waals surface area contributed by atoms with E-state index in [4.69, 9.17) is 4.74 Å². The van der Waals surface area contributed by atoms with Gasteiger partial charge in [0, 0.05) is 11.6 Å². The average Bonchev–Trinajstić information content (AvgIpc) is 2.67. The summed E-state index contributed by atoms with van der Waals surface area (Å²) in [6, 6.07) is 1.66. The lowest BCUT2D eigenvalue weighted by Gasteiger charge is -2.25. The fourth-order valence-corrected chi connectivity index (χ4v) is 2.54. The van der Waals surface area contributed by atoms with Gasteiger partial charge in [-0.05, 0) is 19.4 Å². The van der Waals surface area contributed by atoms with Crippen molar-refractivity contribution in [3.63, 3.8) is 0 Å². The van der Waals surface area contributed by atoms with Crippen LogP contribution in [0.1, 0.15) is 18.9 Å². The Hall–Kier alpha value is -3.14. The summed E-state index contributed by atoms with van der Waals surface area (Å²) in [5, 5.41) is 11.5. The number of carbonyl (C=O) groups is 1. The zero-order valence-corrected chi connectivity index (χ0v) is 16.1. The molecule has 1 aromatic rings. The van der Waals surface area contributed by atoms with Crippen LogP contribution < -0.4 is 10.1 Å². The van der Waals surface area contributed by atoms with E-state index in [1.54, 1.807) is 6.07 Å². The summed E-state index contributed by atoms with van der Waals surface area (Å²) >= 11 is 0. The highest BCUT2D eigenvalue weighted by atomic mass is 19.4. The molecule has 1 amide bonds. The number of hydrogen-bond donors (Lipinski definition) is 1. The molecule has 0 radical (unpaired) electrons. The van der Waals surface area contributed by atoms with Crippen LogP contribution in [0.2, 0.25) is 0 Å². The van der Waals surface area contributed by atoms with E-state index < -0.39 is 59.6 Å². The van der Waals surface area contributed by atoms with Crippen LogP contribution in [0.15, 0.2) is 35.9 Å². The number of rotatable bonds is 6. The van der Waals surface area contributed by atoms with Crippen LogP contribution in [0.3, 0.4) is 0 Å². The first-order chi connectivity index (χ1) is 14.6. The number of hydrogen-bond acceptors (Lipinski definition) is 4. The molecule has 2 rings (SSSR count). The number of nitrogens with zero attached hydrogens (tertiary/aromatic N) is 1. The number of halogens is 8. The monoisotopic (exact) mass is 470 g/mol. The van der Waals surface area contributed by atoms with Crippen LogP contribution in [0.5, 0.6) is 5.75 Å². The summed E-state index contributed by atoms with van der Waals surface area (Å²) in [7, 11) is 0. The number of carbonyl (C=O) groups excluding carboxylic acids is 1. The highest BCUT2D eigenvalue weighted by Crippen LogP contribution is 2.37. The van der Waals surface area contributed by atoms with Crippen molar-refractivity contribution in [1.82, 2.24) is 5.32 Å². The van der Waals surface area contributed by atoms with Gasteiger partial charge in [-0.2, -0.15) is 18.4 Å². The van der Waals surface area contributed by atoms with Gasteiger partial charge in [-0.15, -0.1) is 13.2 Å². The smallest absolute Gasteiger partial charge is 0.489 e. The summed E-state index contributed by atoms with van der Waals surface area (Å²) in [5.41, 5.74) is -3.69. The van der Waals surface area contributed by atoms with Crippen LogP contribution >= 0.6 is 0 Å². The first kappa shape index (κ1) is 25.1. The van der Waals surface area contributed by atoms with Crippen molar-refractivity contribution in [2.45, 2.75) is 37.5 Å². The zero-order valence-electron chi connectivity index (χ0n) is 16.1. The molecule has 0 heterocycles. The van der Waals surface area contributed by atoms with Gasteiger partial charge in [0.25, 0.3) is 5.91 Å². The molecule has 2 atom stereocenters. The second kappa shape index (κ2) is 9.15. The van der Waals surface area contributed by atoms with E-state index in [0.717, 1.165) is 25.2 Å². The van der Waals surface area contributed by atoms with Crippen LogP contribution in [0.4, 0.5) is 35.1 Å². The molecular weight excluding hydrogens is 456 g/mol. The second-order valence-electron chi connectivity index (χ2n) is 6.80. The molecule has 174 valence electrons. The molecule has 0 bridgehead atoms. The lowest BCUT2D eigenvalue weighted by Crippen LogP contribution is -2.49. The van der Waals surface area contributed by atoms with Gasteiger partial charge in [0.2, 0.25) is 0 Å². The molecule has 2 unspecified atom stereocenters. The van der Waals surface area contributed by atoms with E-state index in [1.165, 1.54) is 0 Å². The summed E-state index contributed by atoms with van der Waals surface area (Å²) < 4.78 is 111. The van der Waals surface area contributed by atoms with Gasteiger partial charge in [-0.25, -0.2) is 8.78 Å². The molecule has 0 aliphatic heterocycles. The molecule has 32 heavy (non-hydrogen) atoms. The lowest BCUT2D eigenvalue weighted by molar-refractivity contribution is -0.336. The molecule has 0 spiro atoms. The number of benzene rings is 1. The molecule has 1 aliphatic rings. The van der Waals surface area contributed by atoms with Gasteiger partial charge in [0.15, 0.2) is 17.2 Å². The van der Waals surface area contributed by atoms with Gasteiger partial charge in [-0.1, -0.05) is 18.2 Å². The average molecular weight is 470 g/mol. The van der Waals surface area contributed by atoms with Gasteiger partial charge in [0.1, 0.15) is 17.9 Å². The standard InChI is InChI=1S/C19H14F8N2O3/c1-17(8-28,9-31-15-7-14(21)13(20)6-12(15)18(22,23)24)29-16(30)10-2-4-11(5-3-10)32-19(25,26)27/h2-4,6-7,11H,5,9H2,1H3,(H,29,30). The van der Waals surface area contributed by atoms with E-state index in [1.807, 2.05) is 0 Å². The molecule has 0 fully saturated rings. The van der Waals surface area contributed by atoms with Crippen LogP contribution in [0, 0.1) is 23.0 Å². The largest absolute Gasteiger partial charge is 0.523 e. The Balaban J connectivity index is 2.10. The van der Waals surface area contributed by atoms with E-state index in [0.29, 0.717) is 0 Å². The van der Waals surface area contributed by atoms with Gasteiger partial charge < -0.3 is 10.1 Å². The van der Waals surface area contributed by atoms with Crippen molar-refractivity contribution in [3.8, 4) is 11.8 Å². The lowest BCUT2D eigenvalue weighted by atomic mass is 10.0. The maximum Gasteiger partial charge on any atom is 0.523 e. The molecule has 1 aromatic carbocycles. The van der Waals surface area contributed by atoms with Crippen LogP contribution in [-0.2, 0) is 15.7 Å². The number of nitrogens with one attached hydrogen (secondary N) is 1. The minimum absolute atomic E-state index is 0.107. The molecule has 0 saturated carbocycles. The summed E-state index contributed by atoms with van der Waals surface area (Å²) in [6.45, 7) is 0.195. The van der Waals surface area contributed by atoms with Crippen molar-refractivity contribution in [3.05, 3.63) is 53.1 Å². The van der Waals surface area contributed by atoms with E-state index in [9.17, 15) is 45.2 Å². The summed E-state index contributed by atoms with van der Waals surface area (Å²) in [6.07, 6.45) is -8.53. The zero-order chi connectivity index (χ0) is 24.3. The Kier molecular flexibility index (Phi) is 7.19. The molecule has 5 nitrogen and oxygen atoms in total. The SMILES string of the molecule is CC(C#N)(COc1cc(F)c(F)cc1C(F)(F)F)NC(=O)C1=CCC(OC(F)(F)F)C=C1. The quantitative estimate of drug-likeness (QED) is 0.620. The highest BCUT2D eigenvalue weighted by molar-refractivity contribution is 5.97. The number of alkyl halides is 6. The van der Waals surface area contributed by atoms with Crippen molar-refractivity contribution in [2.75, 3.05) is 6.61 Å². The third-order valence-corrected chi connectivity index (χ3v) is 4.09. The topological polar surface area (TPSA) is 71.3 Å². The summed E-state index contributed by atoms with van der Waals surface area (Å²) in [5.74, 6) is -5.41. The third kappa shape index (κ3) is 6.68. The highest BCUT2D eigenvalue weighted by Gasteiger charge is 2.37. The Morgan fingerprint density at radius 3 is 2.31 bits per heavy atom. The predicted octanol–water partition coefficient (Wildman–Crippen LogP) is 4.55. The fourth-order valence-electron chi connectivity index (χ4n) is 2.54. The molecule has 1 N–H and O–H groups in total. The first-order valence-corrected chi connectivity index (χ1v) is 8.69. The Labute approximate surface area is 175 Å². The van der Waals surface area contributed by atoms with E-state index in [-0.39, 0.29) is 24.1 Å². The van der Waals surface area contributed by atoms with Crippen molar-refractivity contribution >= 4 is 5.91 Å². The summed E-state index contributed by atoms with van der Waals surface area (Å²) in [4.78, 5) is 12.3. The Morgan fingerprint density at radius 1 is 1.19 bits per heavy atom. The number of ether oxygens (including phenoxy) is 2. The first-order valence-electron chi connectivity index (χ1n) is 8.69. The van der Waals surface area contributed by atoms with Gasteiger partial charge >= 0.3 is 12.5 Å². The molecule has 0 saturated heterocycles. The normalized spacial score (nSPS) is 18.4. The van der Waals surface area contributed by atoms with Gasteiger partial charge in [-0.3, -0.25) is 9.53 Å². The minimum Gasteiger partial charge on any atom is -0.489 e. The van der Waals surface area contributed by atoms with E-state index in [2.05, 4.69) is 10.1 Å². The predicted molar refractivity (Wildman–Crippen MR) is 91.8 cm³/mol. The van der Waals surface area contributed by atoms with Crippen molar-refractivity contribution in [2.24, 2.45) is 0 Å². The van der Waals surface area contributed by atoms with Crippen LogP contribution in [0.25, 0.3) is 0 Å². The molecular formula is C19H14F8N2O3. The maximum atomic E-state index is 13.4. The maximum absolute atomic E-state index is 13.4. The van der Waals surface area contributed by atoms with Crippen molar-refractivity contribution in [1.29, 1.82) is 5.26 Å². The Morgan fingerprint density at radius 2 is 1.81 bits per heavy atom.